The Morgan fingerprint density at radius 1 is 1.03 bits per heavy atom. The fourth-order valence-corrected chi connectivity index (χ4v) is 5.08. The number of carbonyl (C=O) groups is 2. The van der Waals surface area contributed by atoms with Crippen molar-refractivity contribution in [3.63, 3.8) is 0 Å². The molecule has 188 valence electrons. The number of fused-ring (bicyclic) bond motifs is 1. The van der Waals surface area contributed by atoms with Crippen LogP contribution in [0.25, 0.3) is 10.9 Å². The average molecular weight is 516 g/mol. The molecule has 0 aliphatic heterocycles. The van der Waals surface area contributed by atoms with Crippen molar-refractivity contribution in [3.8, 4) is 6.07 Å². The first kappa shape index (κ1) is 25.7. The number of aryl methyl sites for hydroxylation is 1. The highest BCUT2D eigenvalue weighted by Gasteiger charge is 2.19. The number of aromatic nitrogens is 1. The molecule has 0 fully saturated rings. The van der Waals surface area contributed by atoms with Gasteiger partial charge in [0.1, 0.15) is 6.54 Å². The summed E-state index contributed by atoms with van der Waals surface area (Å²) in [6.45, 7) is 1.87. The van der Waals surface area contributed by atoms with Crippen molar-refractivity contribution >= 4 is 38.4 Å². The number of esters is 1. The molecule has 0 radical (unpaired) electrons. The van der Waals surface area contributed by atoms with Gasteiger partial charge in [0.2, 0.25) is 0 Å². The van der Waals surface area contributed by atoms with Gasteiger partial charge in [0.25, 0.3) is 10.0 Å². The summed E-state index contributed by atoms with van der Waals surface area (Å²) >= 11 is 0. The Labute approximate surface area is 215 Å². The van der Waals surface area contributed by atoms with Crippen molar-refractivity contribution in [2.75, 3.05) is 11.3 Å². The summed E-state index contributed by atoms with van der Waals surface area (Å²) in [5.74, 6) is -0.593. The molecule has 1 N–H and O–H groups in total. The van der Waals surface area contributed by atoms with Gasteiger partial charge in [-0.2, -0.15) is 5.26 Å². The summed E-state index contributed by atoms with van der Waals surface area (Å²) in [5.41, 5.74) is 2.75. The first-order valence-corrected chi connectivity index (χ1v) is 13.2. The van der Waals surface area contributed by atoms with Crippen LogP contribution in [0.2, 0.25) is 0 Å². The molecular weight excluding hydrogens is 490 g/mol. The van der Waals surface area contributed by atoms with Crippen molar-refractivity contribution in [1.29, 1.82) is 5.26 Å². The minimum absolute atomic E-state index is 0.0810. The predicted molar refractivity (Wildman–Crippen MR) is 140 cm³/mol. The van der Waals surface area contributed by atoms with Crippen LogP contribution >= 0.6 is 0 Å². The van der Waals surface area contributed by atoms with Crippen LogP contribution in [0, 0.1) is 11.3 Å². The molecule has 0 unspecified atom stereocenters. The number of hydrogen-bond acceptors (Lipinski definition) is 6. The predicted octanol–water partition coefficient (Wildman–Crippen LogP) is 4.69. The van der Waals surface area contributed by atoms with E-state index in [4.69, 9.17) is 10.00 Å². The second-order valence-electron chi connectivity index (χ2n) is 8.36. The van der Waals surface area contributed by atoms with Crippen LogP contribution in [0.3, 0.4) is 0 Å². The SMILES string of the molecule is CCOC(=O)Cn1cc(C(=O)CCc2ccc(C#N)cc2)c2cc(NS(=O)(=O)c3ccccc3)ccc21. The van der Waals surface area contributed by atoms with Gasteiger partial charge in [0.05, 0.1) is 23.1 Å². The normalized spacial score (nSPS) is 11.1. The lowest BCUT2D eigenvalue weighted by Crippen LogP contribution is -2.13. The van der Waals surface area contributed by atoms with E-state index in [2.05, 4.69) is 10.8 Å². The standard InChI is InChI=1S/C28H25N3O5S/c1-2-36-28(33)19-31-18-25(27(32)15-12-20-8-10-21(17-29)11-9-20)24-16-22(13-14-26(24)31)30-37(34,35)23-6-4-3-5-7-23/h3-11,13-14,16,18,30H,2,12,15,19H2,1H3. The molecule has 9 heteroatoms. The Morgan fingerprint density at radius 2 is 1.76 bits per heavy atom. The number of nitrogens with zero attached hydrogens (tertiary/aromatic N) is 2. The Hall–Kier alpha value is -4.42. The molecule has 8 nitrogen and oxygen atoms in total. The number of nitriles is 1. The van der Waals surface area contributed by atoms with Crippen LogP contribution < -0.4 is 4.72 Å². The number of carbonyl (C=O) groups excluding carboxylic acids is 2. The van der Waals surface area contributed by atoms with E-state index in [1.807, 2.05) is 12.1 Å². The van der Waals surface area contributed by atoms with Gasteiger partial charge in [-0.05, 0) is 61.4 Å². The van der Waals surface area contributed by atoms with Crippen molar-refractivity contribution in [2.24, 2.45) is 0 Å². The molecule has 4 rings (SSSR count). The molecular formula is C28H25N3O5S. The number of sulfonamides is 1. The maximum Gasteiger partial charge on any atom is 0.325 e. The van der Waals surface area contributed by atoms with E-state index in [9.17, 15) is 18.0 Å². The molecule has 0 atom stereocenters. The number of Topliss-reactive ketones (excluding diaryl/α,β-unsaturated/α-hetero) is 1. The molecule has 0 aliphatic rings. The summed E-state index contributed by atoms with van der Waals surface area (Å²) < 4.78 is 34.9. The van der Waals surface area contributed by atoms with Gasteiger partial charge in [-0.25, -0.2) is 8.42 Å². The molecule has 3 aromatic carbocycles. The molecule has 37 heavy (non-hydrogen) atoms. The fourth-order valence-electron chi connectivity index (χ4n) is 4.01. The highest BCUT2D eigenvalue weighted by molar-refractivity contribution is 7.92. The van der Waals surface area contributed by atoms with Crippen LogP contribution in [0.15, 0.2) is 83.9 Å². The molecule has 0 saturated carbocycles. The number of hydrogen-bond donors (Lipinski definition) is 1. The summed E-state index contributed by atoms with van der Waals surface area (Å²) in [4.78, 5) is 25.6. The number of nitrogens with one attached hydrogen (secondary N) is 1. The Bertz CT molecular complexity index is 1580. The second-order valence-corrected chi connectivity index (χ2v) is 10.0. The first-order chi connectivity index (χ1) is 17.8. The minimum Gasteiger partial charge on any atom is -0.465 e. The topological polar surface area (TPSA) is 118 Å². The molecule has 0 saturated heterocycles. The molecule has 0 amide bonds. The van der Waals surface area contributed by atoms with E-state index in [1.54, 1.807) is 66.2 Å². The van der Waals surface area contributed by atoms with Crippen molar-refractivity contribution < 1.29 is 22.7 Å². The third kappa shape index (κ3) is 6.05. The molecule has 0 spiro atoms. The quantitative estimate of drug-likeness (QED) is 0.242. The second kappa shape index (κ2) is 11.1. The first-order valence-electron chi connectivity index (χ1n) is 11.7. The Balaban J connectivity index is 1.65. The van der Waals surface area contributed by atoms with Crippen LogP contribution in [-0.4, -0.2) is 31.3 Å². The zero-order chi connectivity index (χ0) is 26.4. The van der Waals surface area contributed by atoms with Crippen LogP contribution in [0.5, 0.6) is 0 Å². The molecule has 0 bridgehead atoms. The maximum absolute atomic E-state index is 13.3. The number of ketones is 1. The molecule has 0 aliphatic carbocycles. The Morgan fingerprint density at radius 3 is 2.43 bits per heavy atom. The van der Waals surface area contributed by atoms with E-state index in [0.29, 0.717) is 34.1 Å². The van der Waals surface area contributed by atoms with Crippen LogP contribution in [0.1, 0.15) is 34.8 Å². The number of benzene rings is 3. The van der Waals surface area contributed by atoms with Gasteiger partial charge < -0.3 is 9.30 Å². The lowest BCUT2D eigenvalue weighted by Gasteiger charge is -2.09. The summed E-state index contributed by atoms with van der Waals surface area (Å²) in [5, 5.41) is 9.50. The van der Waals surface area contributed by atoms with Crippen LogP contribution in [0.4, 0.5) is 5.69 Å². The number of ether oxygens (including phenoxy) is 1. The van der Waals surface area contributed by atoms with Crippen LogP contribution in [-0.2, 0) is 32.5 Å². The molecule has 1 heterocycles. The maximum atomic E-state index is 13.3. The monoisotopic (exact) mass is 515 g/mol. The third-order valence-corrected chi connectivity index (χ3v) is 7.21. The van der Waals surface area contributed by atoms with Gasteiger partial charge >= 0.3 is 5.97 Å². The van der Waals surface area contributed by atoms with E-state index in [-0.39, 0.29) is 30.3 Å². The zero-order valence-electron chi connectivity index (χ0n) is 20.2. The van der Waals surface area contributed by atoms with Gasteiger partial charge in [0, 0.05) is 34.8 Å². The smallest absolute Gasteiger partial charge is 0.325 e. The number of anilines is 1. The van der Waals surface area contributed by atoms with E-state index >= 15 is 0 Å². The third-order valence-electron chi connectivity index (χ3n) is 5.82. The van der Waals surface area contributed by atoms with Gasteiger partial charge in [-0.1, -0.05) is 30.3 Å². The van der Waals surface area contributed by atoms with Gasteiger partial charge in [-0.3, -0.25) is 14.3 Å². The minimum atomic E-state index is -3.83. The highest BCUT2D eigenvalue weighted by atomic mass is 32.2. The largest absolute Gasteiger partial charge is 0.465 e. The van der Waals surface area contributed by atoms with E-state index in [0.717, 1.165) is 5.56 Å². The van der Waals surface area contributed by atoms with E-state index < -0.39 is 16.0 Å². The fraction of sp³-hybridized carbons (Fsp3) is 0.179. The lowest BCUT2D eigenvalue weighted by molar-refractivity contribution is -0.143. The summed E-state index contributed by atoms with van der Waals surface area (Å²) in [6, 6.07) is 22.0. The average Bonchev–Trinajstić information content (AvgIpc) is 3.25. The van der Waals surface area contributed by atoms with Crippen molar-refractivity contribution in [2.45, 2.75) is 31.2 Å². The summed E-state index contributed by atoms with van der Waals surface area (Å²) in [7, 11) is -3.83. The van der Waals surface area contributed by atoms with Crippen molar-refractivity contribution in [3.05, 3.63) is 95.7 Å². The Kier molecular flexibility index (Phi) is 7.70. The molecule has 4 aromatic rings. The highest BCUT2D eigenvalue weighted by Crippen LogP contribution is 2.28. The van der Waals surface area contributed by atoms with Crippen molar-refractivity contribution in [1.82, 2.24) is 4.57 Å². The lowest BCUT2D eigenvalue weighted by atomic mass is 10.0. The van der Waals surface area contributed by atoms with Gasteiger partial charge in [-0.15, -0.1) is 0 Å². The zero-order valence-corrected chi connectivity index (χ0v) is 21.0. The summed E-state index contributed by atoms with van der Waals surface area (Å²) in [6.07, 6.45) is 2.28. The number of rotatable bonds is 10. The molecule has 1 aromatic heterocycles. The van der Waals surface area contributed by atoms with E-state index in [1.165, 1.54) is 12.1 Å². The van der Waals surface area contributed by atoms with Gasteiger partial charge in [0.15, 0.2) is 5.78 Å².